The molecule has 0 aliphatic carbocycles. The van der Waals surface area contributed by atoms with Crippen LogP contribution in [0.4, 0.5) is 0 Å². The number of hydrogen-bond donors (Lipinski definition) is 2. The van der Waals surface area contributed by atoms with Gasteiger partial charge in [-0.05, 0) is 37.8 Å². The van der Waals surface area contributed by atoms with Crippen molar-refractivity contribution in [3.63, 3.8) is 0 Å². The van der Waals surface area contributed by atoms with Gasteiger partial charge in [-0.3, -0.25) is 9.59 Å². The molecule has 1 aliphatic heterocycles. The minimum absolute atomic E-state index is 0. The highest BCUT2D eigenvalue weighted by molar-refractivity contribution is 6.32. The lowest BCUT2D eigenvalue weighted by Gasteiger charge is -2.20. The zero-order chi connectivity index (χ0) is 15.8. The van der Waals surface area contributed by atoms with Gasteiger partial charge in [-0.2, -0.15) is 0 Å². The Morgan fingerprint density at radius 2 is 2.10 bits per heavy atom. The summed E-state index contributed by atoms with van der Waals surface area (Å²) >= 11 is 0. The van der Waals surface area contributed by atoms with E-state index in [1.807, 2.05) is 0 Å². The monoisotopic (exact) mass is 292 g/mol. The molecule has 1 fully saturated rings. The van der Waals surface area contributed by atoms with E-state index < -0.39 is 5.91 Å². The molecule has 1 unspecified atom stereocenters. The number of aryl methyl sites for hydroxylation is 1. The fourth-order valence-corrected chi connectivity index (χ4v) is 2.16. The van der Waals surface area contributed by atoms with E-state index >= 15 is 0 Å². The number of carbonyl (C=O) groups excluding carboxylic acids is 2. The third kappa shape index (κ3) is 6.45. The standard InChI is InChI=1S/C8H8BNO.C7H13NO2.2H2/c1-5-4-6(9)2-3-7(5)8(10)11;8-7(9)5-6-3-1-2-4-10-6;;/h2-4H,1H3,(H2,10,11);6H,1-5H2,(H2,8,9);2*1H. The molecule has 2 amide bonds. The molecule has 116 valence electrons. The molecule has 0 aromatic heterocycles. The van der Waals surface area contributed by atoms with Crippen LogP contribution in [0.1, 0.15) is 44.5 Å². The Balaban J connectivity index is 0. The SMILES string of the molecule is NC(=O)CC1CCCCO1.[B]c1ccc(C(N)=O)c(C)c1.[HH].[HH]. The zero-order valence-corrected chi connectivity index (χ0v) is 12.3. The maximum atomic E-state index is 10.7. The fourth-order valence-electron chi connectivity index (χ4n) is 2.16. The summed E-state index contributed by atoms with van der Waals surface area (Å²) in [6.07, 6.45) is 3.77. The van der Waals surface area contributed by atoms with Crippen LogP contribution in [0.3, 0.4) is 0 Å². The van der Waals surface area contributed by atoms with Crippen LogP contribution >= 0.6 is 0 Å². The minimum atomic E-state index is -0.414. The van der Waals surface area contributed by atoms with E-state index in [0.717, 1.165) is 31.4 Å². The topological polar surface area (TPSA) is 95.4 Å². The molecule has 0 saturated carbocycles. The highest BCUT2D eigenvalue weighted by Crippen LogP contribution is 2.14. The number of rotatable bonds is 3. The smallest absolute Gasteiger partial charge is 0.248 e. The average Bonchev–Trinajstić information content (AvgIpc) is 2.39. The summed E-state index contributed by atoms with van der Waals surface area (Å²) < 4.78 is 5.29. The number of carbonyl (C=O) groups is 2. The van der Waals surface area contributed by atoms with Gasteiger partial charge in [0.25, 0.3) is 0 Å². The van der Waals surface area contributed by atoms with E-state index in [1.165, 1.54) is 0 Å². The van der Waals surface area contributed by atoms with E-state index in [9.17, 15) is 9.59 Å². The molecule has 2 rings (SSSR count). The number of hydrogen-bond acceptors (Lipinski definition) is 3. The normalized spacial score (nSPS) is 17.5. The molecule has 1 aromatic rings. The van der Waals surface area contributed by atoms with Crippen LogP contribution in [0.25, 0.3) is 0 Å². The predicted octanol–water partition coefficient (Wildman–Crippen LogP) is 0.811. The number of benzene rings is 1. The van der Waals surface area contributed by atoms with Crippen molar-refractivity contribution in [1.82, 2.24) is 0 Å². The van der Waals surface area contributed by atoms with Gasteiger partial charge in [-0.15, -0.1) is 0 Å². The van der Waals surface area contributed by atoms with E-state index in [2.05, 4.69) is 0 Å². The number of nitrogens with two attached hydrogens (primary N) is 2. The van der Waals surface area contributed by atoms with Crippen molar-refractivity contribution in [3.8, 4) is 0 Å². The van der Waals surface area contributed by atoms with Gasteiger partial charge in [0.1, 0.15) is 7.85 Å². The van der Waals surface area contributed by atoms with Crippen molar-refractivity contribution < 1.29 is 17.2 Å². The summed E-state index contributed by atoms with van der Waals surface area (Å²) in [6.45, 7) is 2.59. The van der Waals surface area contributed by atoms with Crippen LogP contribution in [0.15, 0.2) is 18.2 Å². The van der Waals surface area contributed by atoms with Gasteiger partial charge in [0.2, 0.25) is 11.8 Å². The molecule has 2 radical (unpaired) electrons. The third-order valence-electron chi connectivity index (χ3n) is 3.22. The molecular formula is C15H25BN2O3. The molecule has 6 heteroatoms. The number of ether oxygens (including phenoxy) is 1. The van der Waals surface area contributed by atoms with Crippen LogP contribution < -0.4 is 16.9 Å². The molecule has 1 saturated heterocycles. The highest BCUT2D eigenvalue weighted by Gasteiger charge is 2.15. The van der Waals surface area contributed by atoms with Crippen molar-refractivity contribution >= 4 is 25.1 Å². The van der Waals surface area contributed by atoms with Crippen molar-refractivity contribution in [1.29, 1.82) is 0 Å². The summed E-state index contributed by atoms with van der Waals surface area (Å²) in [6, 6.07) is 5.01. The fraction of sp³-hybridized carbons (Fsp3) is 0.467. The van der Waals surface area contributed by atoms with Crippen molar-refractivity contribution in [2.45, 2.75) is 38.7 Å². The van der Waals surface area contributed by atoms with Crippen molar-refractivity contribution in [3.05, 3.63) is 29.3 Å². The van der Waals surface area contributed by atoms with Gasteiger partial charge in [0.15, 0.2) is 0 Å². The first kappa shape index (κ1) is 17.2. The molecular weight excluding hydrogens is 267 g/mol. The lowest BCUT2D eigenvalue weighted by Crippen LogP contribution is -2.25. The van der Waals surface area contributed by atoms with E-state index in [4.69, 9.17) is 24.1 Å². The Morgan fingerprint density at radius 3 is 2.57 bits per heavy atom. The Kier molecular flexibility index (Phi) is 6.95. The average molecular weight is 292 g/mol. The lowest BCUT2D eigenvalue weighted by molar-refractivity contribution is -0.121. The molecule has 1 atom stereocenters. The summed E-state index contributed by atoms with van der Waals surface area (Å²) in [5.41, 5.74) is 12.1. The Labute approximate surface area is 129 Å². The van der Waals surface area contributed by atoms with Gasteiger partial charge in [-0.1, -0.05) is 17.6 Å². The van der Waals surface area contributed by atoms with Crippen LogP contribution in [-0.4, -0.2) is 32.4 Å². The Bertz CT molecular complexity index is 509. The largest absolute Gasteiger partial charge is 0.378 e. The summed E-state index contributed by atoms with van der Waals surface area (Å²) in [7, 11) is 5.48. The molecule has 4 N–H and O–H groups in total. The van der Waals surface area contributed by atoms with Gasteiger partial charge in [0, 0.05) is 15.0 Å². The summed E-state index contributed by atoms with van der Waals surface area (Å²) in [4.78, 5) is 21.1. The van der Waals surface area contributed by atoms with Crippen molar-refractivity contribution in [2.24, 2.45) is 11.5 Å². The first-order chi connectivity index (χ1) is 9.90. The molecule has 0 bridgehead atoms. The van der Waals surface area contributed by atoms with Gasteiger partial charge < -0.3 is 16.2 Å². The Hall–Kier alpha value is -1.82. The molecule has 1 aromatic carbocycles. The van der Waals surface area contributed by atoms with Crippen molar-refractivity contribution in [2.75, 3.05) is 6.61 Å². The van der Waals surface area contributed by atoms with Crippen LogP contribution in [0.5, 0.6) is 0 Å². The van der Waals surface area contributed by atoms with Crippen LogP contribution in [0, 0.1) is 6.92 Å². The molecule has 5 nitrogen and oxygen atoms in total. The molecule has 0 spiro atoms. The van der Waals surface area contributed by atoms with Gasteiger partial charge in [-0.25, -0.2) is 0 Å². The second-order valence-electron chi connectivity index (χ2n) is 5.10. The predicted molar refractivity (Wildman–Crippen MR) is 86.7 cm³/mol. The summed E-state index contributed by atoms with van der Waals surface area (Å²) in [5, 5.41) is 0. The third-order valence-corrected chi connectivity index (χ3v) is 3.22. The number of primary amides is 2. The summed E-state index contributed by atoms with van der Waals surface area (Å²) in [5.74, 6) is -0.672. The maximum absolute atomic E-state index is 10.7. The van der Waals surface area contributed by atoms with Crippen LogP contribution in [0.2, 0.25) is 0 Å². The van der Waals surface area contributed by atoms with E-state index in [0.29, 0.717) is 17.4 Å². The second kappa shape index (κ2) is 8.47. The Morgan fingerprint density at radius 1 is 1.38 bits per heavy atom. The quantitative estimate of drug-likeness (QED) is 0.807. The molecule has 1 heterocycles. The second-order valence-corrected chi connectivity index (χ2v) is 5.10. The van der Waals surface area contributed by atoms with Gasteiger partial charge >= 0.3 is 0 Å². The lowest BCUT2D eigenvalue weighted by atomic mass is 9.92. The first-order valence-corrected chi connectivity index (χ1v) is 6.96. The van der Waals surface area contributed by atoms with Crippen LogP contribution in [-0.2, 0) is 9.53 Å². The highest BCUT2D eigenvalue weighted by atomic mass is 16.5. The van der Waals surface area contributed by atoms with E-state index in [1.54, 1.807) is 25.1 Å². The molecule has 1 aliphatic rings. The first-order valence-electron chi connectivity index (χ1n) is 6.96. The van der Waals surface area contributed by atoms with E-state index in [-0.39, 0.29) is 14.9 Å². The minimum Gasteiger partial charge on any atom is -0.378 e. The number of amides is 2. The maximum Gasteiger partial charge on any atom is 0.248 e. The zero-order valence-electron chi connectivity index (χ0n) is 12.3. The molecule has 21 heavy (non-hydrogen) atoms. The van der Waals surface area contributed by atoms with Gasteiger partial charge in [0.05, 0.1) is 12.5 Å².